The molecular weight excluding hydrogens is 295 g/mol. The molecule has 0 aliphatic rings. The number of benzene rings is 1. The Hall–Kier alpha value is -2.09. The van der Waals surface area contributed by atoms with Crippen molar-refractivity contribution in [2.75, 3.05) is 17.1 Å². The van der Waals surface area contributed by atoms with E-state index in [0.717, 1.165) is 10.7 Å². The maximum atomic E-state index is 13.8. The number of rotatable bonds is 5. The molecule has 1 aromatic carbocycles. The maximum absolute atomic E-state index is 13.8. The average molecular weight is 312 g/mol. The number of para-hydroxylation sites is 1. The summed E-state index contributed by atoms with van der Waals surface area (Å²) in [5.74, 6) is -0.713. The second kappa shape index (κ2) is 5.72. The molecule has 0 saturated heterocycles. The predicted molar refractivity (Wildman–Crippen MR) is 78.9 cm³/mol. The summed E-state index contributed by atoms with van der Waals surface area (Å²) in [4.78, 5) is -0.123. The first-order chi connectivity index (χ1) is 9.87. The summed E-state index contributed by atoms with van der Waals surface area (Å²) in [5, 5.41) is 3.96. The Bertz CT molecular complexity index is 742. The van der Waals surface area contributed by atoms with Gasteiger partial charge in [-0.3, -0.25) is 8.99 Å². The van der Waals surface area contributed by atoms with E-state index in [1.807, 2.05) is 6.92 Å². The topological polar surface area (TPSA) is 81.2 Å². The molecule has 0 unspecified atom stereocenters. The van der Waals surface area contributed by atoms with Crippen LogP contribution in [0, 0.1) is 5.82 Å². The number of hydrogen-bond donors (Lipinski definition) is 1. The Morgan fingerprint density at radius 1 is 1.38 bits per heavy atom. The van der Waals surface area contributed by atoms with Crippen molar-refractivity contribution in [1.82, 2.24) is 9.78 Å². The third-order valence-electron chi connectivity index (χ3n) is 3.04. The highest BCUT2D eigenvalue weighted by atomic mass is 32.2. The first kappa shape index (κ1) is 15.3. The number of anilines is 2. The summed E-state index contributed by atoms with van der Waals surface area (Å²) < 4.78 is 41.2. The van der Waals surface area contributed by atoms with E-state index < -0.39 is 15.8 Å². The number of aryl methyl sites for hydroxylation is 1. The molecule has 1 heterocycles. The molecule has 2 aromatic rings. The summed E-state index contributed by atoms with van der Waals surface area (Å²) in [6, 6.07) is 5.64. The molecule has 0 radical (unpaired) electrons. The molecular formula is C13H17FN4O2S. The van der Waals surface area contributed by atoms with Gasteiger partial charge in [-0.2, -0.15) is 5.10 Å². The minimum Gasteiger partial charge on any atom is -0.381 e. The highest BCUT2D eigenvalue weighted by Crippen LogP contribution is 2.26. The Labute approximate surface area is 123 Å². The van der Waals surface area contributed by atoms with E-state index in [-0.39, 0.29) is 16.4 Å². The van der Waals surface area contributed by atoms with E-state index >= 15 is 0 Å². The predicted octanol–water partition coefficient (Wildman–Crippen LogP) is 1.84. The lowest BCUT2D eigenvalue weighted by molar-refractivity contribution is 0.587. The Morgan fingerprint density at radius 2 is 2.05 bits per heavy atom. The van der Waals surface area contributed by atoms with Gasteiger partial charge in [0.1, 0.15) is 10.7 Å². The van der Waals surface area contributed by atoms with Gasteiger partial charge in [0, 0.05) is 19.8 Å². The van der Waals surface area contributed by atoms with Crippen LogP contribution < -0.4 is 10.0 Å². The molecule has 0 amide bonds. The number of nitrogens with zero attached hydrogens (tertiary/aromatic N) is 3. The lowest BCUT2D eigenvalue weighted by atomic mass is 10.3. The number of sulfonamides is 1. The van der Waals surface area contributed by atoms with Crippen LogP contribution in [0.5, 0.6) is 0 Å². The highest BCUT2D eigenvalue weighted by Gasteiger charge is 2.27. The Balaban J connectivity index is 2.45. The molecule has 2 N–H and O–H groups in total. The number of hydrogen-bond acceptors (Lipinski definition) is 4. The molecule has 2 rings (SSSR count). The summed E-state index contributed by atoms with van der Waals surface area (Å²) >= 11 is 0. The third-order valence-corrected chi connectivity index (χ3v) is 4.83. The maximum Gasteiger partial charge on any atom is 0.269 e. The minimum absolute atomic E-state index is 0.0415. The number of aromatic nitrogens is 2. The molecule has 8 heteroatoms. The summed E-state index contributed by atoms with van der Waals surface area (Å²) in [6.45, 7) is 2.50. The second-order valence-electron chi connectivity index (χ2n) is 4.57. The van der Waals surface area contributed by atoms with Gasteiger partial charge in [0.05, 0.1) is 5.69 Å². The van der Waals surface area contributed by atoms with Gasteiger partial charge in [-0.05, 0) is 18.6 Å². The van der Waals surface area contributed by atoms with Gasteiger partial charge in [-0.25, -0.2) is 12.8 Å². The van der Waals surface area contributed by atoms with Gasteiger partial charge in [0.25, 0.3) is 10.0 Å². The monoisotopic (exact) mass is 312 g/mol. The van der Waals surface area contributed by atoms with Gasteiger partial charge in [0.15, 0.2) is 5.82 Å². The fraction of sp³-hybridized carbons (Fsp3) is 0.308. The second-order valence-corrected chi connectivity index (χ2v) is 6.50. The molecule has 114 valence electrons. The van der Waals surface area contributed by atoms with Gasteiger partial charge < -0.3 is 5.73 Å². The van der Waals surface area contributed by atoms with Gasteiger partial charge in [0.2, 0.25) is 0 Å². The smallest absolute Gasteiger partial charge is 0.269 e. The van der Waals surface area contributed by atoms with E-state index in [1.165, 1.54) is 36.1 Å². The average Bonchev–Trinajstić information content (AvgIpc) is 2.80. The summed E-state index contributed by atoms with van der Waals surface area (Å²) in [5.41, 5.74) is 5.64. The Kier molecular flexibility index (Phi) is 4.17. The standard InChI is InChI=1S/C13H17FN4O2S/c1-3-8-18-9-12(13(15)16-18)21(19,20)17(2)11-7-5-4-6-10(11)14/h4-7,9H,3,8H2,1-2H3,(H2,15,16). The first-order valence-corrected chi connectivity index (χ1v) is 7.88. The lowest BCUT2D eigenvalue weighted by Crippen LogP contribution is -2.27. The van der Waals surface area contributed by atoms with Crippen molar-refractivity contribution >= 4 is 21.5 Å². The molecule has 6 nitrogen and oxygen atoms in total. The number of halogens is 1. The Morgan fingerprint density at radius 3 is 2.67 bits per heavy atom. The van der Waals surface area contributed by atoms with E-state index in [4.69, 9.17) is 5.73 Å². The third kappa shape index (κ3) is 2.85. The van der Waals surface area contributed by atoms with E-state index in [9.17, 15) is 12.8 Å². The zero-order chi connectivity index (χ0) is 15.6. The van der Waals surface area contributed by atoms with Crippen LogP contribution in [0.2, 0.25) is 0 Å². The zero-order valence-electron chi connectivity index (χ0n) is 11.8. The molecule has 0 spiro atoms. The van der Waals surface area contributed by atoms with Crippen molar-refractivity contribution in [3.63, 3.8) is 0 Å². The minimum atomic E-state index is -3.96. The van der Waals surface area contributed by atoms with Crippen LogP contribution in [0.3, 0.4) is 0 Å². The molecule has 0 fully saturated rings. The zero-order valence-corrected chi connectivity index (χ0v) is 12.6. The van der Waals surface area contributed by atoms with Crippen LogP contribution in [0.4, 0.5) is 15.9 Å². The van der Waals surface area contributed by atoms with Crippen molar-refractivity contribution in [3.8, 4) is 0 Å². The highest BCUT2D eigenvalue weighted by molar-refractivity contribution is 7.93. The van der Waals surface area contributed by atoms with Crippen molar-refractivity contribution < 1.29 is 12.8 Å². The van der Waals surface area contributed by atoms with Gasteiger partial charge >= 0.3 is 0 Å². The van der Waals surface area contributed by atoms with Gasteiger partial charge in [-0.1, -0.05) is 19.1 Å². The largest absolute Gasteiger partial charge is 0.381 e. The van der Waals surface area contributed by atoms with Gasteiger partial charge in [-0.15, -0.1) is 0 Å². The van der Waals surface area contributed by atoms with Crippen LogP contribution in [-0.4, -0.2) is 25.2 Å². The van der Waals surface area contributed by atoms with E-state index in [2.05, 4.69) is 5.10 Å². The van der Waals surface area contributed by atoms with E-state index in [0.29, 0.717) is 6.54 Å². The number of nitrogens with two attached hydrogens (primary N) is 1. The molecule has 0 aliphatic heterocycles. The lowest BCUT2D eigenvalue weighted by Gasteiger charge is -2.19. The van der Waals surface area contributed by atoms with Crippen molar-refractivity contribution in [3.05, 3.63) is 36.3 Å². The van der Waals surface area contributed by atoms with Crippen LogP contribution in [0.25, 0.3) is 0 Å². The fourth-order valence-electron chi connectivity index (χ4n) is 1.94. The van der Waals surface area contributed by atoms with Crippen molar-refractivity contribution in [1.29, 1.82) is 0 Å². The molecule has 0 bridgehead atoms. The molecule has 0 aliphatic carbocycles. The van der Waals surface area contributed by atoms with Crippen LogP contribution in [-0.2, 0) is 16.6 Å². The fourth-order valence-corrected chi connectivity index (χ4v) is 3.21. The summed E-state index contributed by atoms with van der Waals surface area (Å²) in [7, 11) is -2.68. The molecule has 1 aromatic heterocycles. The SMILES string of the molecule is CCCn1cc(S(=O)(=O)N(C)c2ccccc2F)c(N)n1. The quantitative estimate of drug-likeness (QED) is 0.913. The normalized spacial score (nSPS) is 11.6. The summed E-state index contributed by atoms with van der Waals surface area (Å²) in [6.07, 6.45) is 2.16. The van der Waals surface area contributed by atoms with Crippen molar-refractivity contribution in [2.24, 2.45) is 0 Å². The van der Waals surface area contributed by atoms with Crippen LogP contribution >= 0.6 is 0 Å². The molecule has 0 atom stereocenters. The molecule has 21 heavy (non-hydrogen) atoms. The number of nitrogen functional groups attached to an aromatic ring is 1. The van der Waals surface area contributed by atoms with Crippen LogP contribution in [0.15, 0.2) is 35.4 Å². The first-order valence-electron chi connectivity index (χ1n) is 6.44. The van der Waals surface area contributed by atoms with Crippen LogP contribution in [0.1, 0.15) is 13.3 Å². The van der Waals surface area contributed by atoms with Crippen molar-refractivity contribution in [2.45, 2.75) is 24.8 Å². The molecule has 0 saturated carbocycles. The van der Waals surface area contributed by atoms with E-state index in [1.54, 1.807) is 6.07 Å².